The number of ether oxygens (including phenoxy) is 1. The van der Waals surface area contributed by atoms with Crippen LogP contribution < -0.4 is 5.73 Å². The summed E-state index contributed by atoms with van der Waals surface area (Å²) in [6.07, 6.45) is 15.7. The summed E-state index contributed by atoms with van der Waals surface area (Å²) in [6, 6.07) is 0. The number of aliphatic carboxylic acids is 2. The van der Waals surface area contributed by atoms with E-state index in [1.807, 2.05) is 0 Å². The third-order valence-corrected chi connectivity index (χ3v) is 8.24. The van der Waals surface area contributed by atoms with Gasteiger partial charge in [-0.05, 0) is 6.42 Å². The van der Waals surface area contributed by atoms with Gasteiger partial charge >= 0.3 is 17.9 Å². The topological polar surface area (TPSA) is 198 Å². The first kappa shape index (κ1) is 35.8. The van der Waals surface area contributed by atoms with E-state index >= 15 is 0 Å². The van der Waals surface area contributed by atoms with Gasteiger partial charge in [0.15, 0.2) is 5.92 Å². The molecule has 222 valence electrons. The second-order valence-corrected chi connectivity index (χ2v) is 11.7. The maximum absolute atomic E-state index is 12.6. The van der Waals surface area contributed by atoms with Crippen LogP contribution in [0.25, 0.3) is 0 Å². The molecule has 5 N–H and O–H groups in total. The molecular weight excluding hydrogens is 518 g/mol. The van der Waals surface area contributed by atoms with Crippen LogP contribution in [-0.2, 0) is 34.0 Å². The van der Waals surface area contributed by atoms with E-state index in [-0.39, 0.29) is 6.42 Å². The molecule has 38 heavy (non-hydrogen) atoms. The number of carbonyl (C=O) groups excluding carboxylic acids is 2. The highest BCUT2D eigenvalue weighted by atomic mass is 32.2. The zero-order chi connectivity index (χ0) is 29.0. The number of carbonyl (C=O) groups is 4. The second kappa shape index (κ2) is 19.8. The van der Waals surface area contributed by atoms with E-state index in [9.17, 15) is 32.1 Å². The molecule has 0 aliphatic heterocycles. The average molecular weight is 566 g/mol. The first-order chi connectivity index (χ1) is 17.9. The molecule has 0 aromatic rings. The number of primary amides is 1. The van der Waals surface area contributed by atoms with Gasteiger partial charge in [-0.25, -0.2) is 0 Å². The van der Waals surface area contributed by atoms with Crippen LogP contribution in [0.4, 0.5) is 0 Å². The van der Waals surface area contributed by atoms with Crippen molar-refractivity contribution in [2.24, 2.45) is 11.7 Å². The summed E-state index contributed by atoms with van der Waals surface area (Å²) in [5.74, 6) is -8.52. The van der Waals surface area contributed by atoms with E-state index in [1.54, 1.807) is 0 Å². The number of esters is 1. The van der Waals surface area contributed by atoms with Crippen LogP contribution in [0.3, 0.4) is 0 Å². The van der Waals surface area contributed by atoms with Gasteiger partial charge in [-0.3, -0.25) is 23.7 Å². The standard InChI is InChI=1S/C26H47NO10S/c1-2-3-4-5-6-7-8-9-10-11-12-13-14-15-16-17-18-26(19-22(27)28,38(34,35)36)25(33)37-20-21(23(29)30)24(31)32/h21H,2-20H2,1H3,(H2,27,28)(H,29,30)(H,31,32)(H,34,35,36). The highest BCUT2D eigenvalue weighted by Crippen LogP contribution is 2.30. The summed E-state index contributed by atoms with van der Waals surface area (Å²) in [4.78, 5) is 46.2. The molecule has 0 saturated carbocycles. The molecule has 1 unspecified atom stereocenters. The summed E-state index contributed by atoms with van der Waals surface area (Å²) in [5.41, 5.74) is 5.12. The smallest absolute Gasteiger partial charge is 0.330 e. The van der Waals surface area contributed by atoms with Gasteiger partial charge in [0, 0.05) is 0 Å². The number of hydrogen-bond acceptors (Lipinski definition) is 7. The van der Waals surface area contributed by atoms with E-state index in [0.29, 0.717) is 6.42 Å². The Bertz CT molecular complexity index is 816. The van der Waals surface area contributed by atoms with Crippen molar-refractivity contribution in [3.8, 4) is 0 Å². The zero-order valence-corrected chi connectivity index (χ0v) is 23.5. The van der Waals surface area contributed by atoms with E-state index in [0.717, 1.165) is 25.7 Å². The highest BCUT2D eigenvalue weighted by Gasteiger charge is 2.52. The van der Waals surface area contributed by atoms with Crippen LogP contribution in [0.1, 0.15) is 122 Å². The van der Waals surface area contributed by atoms with Gasteiger partial charge in [0.05, 0.1) is 6.42 Å². The van der Waals surface area contributed by atoms with E-state index in [2.05, 4.69) is 11.7 Å². The lowest BCUT2D eigenvalue weighted by atomic mass is 9.95. The molecule has 0 aromatic heterocycles. The monoisotopic (exact) mass is 565 g/mol. The van der Waals surface area contributed by atoms with Gasteiger partial charge in [0.1, 0.15) is 6.61 Å². The zero-order valence-electron chi connectivity index (χ0n) is 22.7. The number of unbranched alkanes of at least 4 members (excludes halogenated alkanes) is 15. The minimum atomic E-state index is -5.20. The Hall–Kier alpha value is -2.21. The fourth-order valence-electron chi connectivity index (χ4n) is 4.37. The number of nitrogens with two attached hydrogens (primary N) is 1. The molecule has 0 saturated heterocycles. The molecule has 0 rings (SSSR count). The molecule has 0 aliphatic carbocycles. The molecule has 0 aromatic carbocycles. The van der Waals surface area contributed by atoms with Crippen molar-refractivity contribution in [2.45, 2.75) is 127 Å². The maximum Gasteiger partial charge on any atom is 0.330 e. The summed E-state index contributed by atoms with van der Waals surface area (Å²) >= 11 is 0. The van der Waals surface area contributed by atoms with Crippen LogP contribution in [0.5, 0.6) is 0 Å². The second-order valence-electron chi connectivity index (χ2n) is 9.99. The third kappa shape index (κ3) is 14.7. The number of carboxylic acid groups (broad SMARTS) is 2. The molecule has 0 radical (unpaired) electrons. The summed E-state index contributed by atoms with van der Waals surface area (Å²) in [5, 5.41) is 17.8. The van der Waals surface area contributed by atoms with Gasteiger partial charge in [0.2, 0.25) is 10.7 Å². The lowest BCUT2D eigenvalue weighted by Crippen LogP contribution is -2.50. The molecule has 0 heterocycles. The lowest BCUT2D eigenvalue weighted by Gasteiger charge is -2.27. The van der Waals surface area contributed by atoms with Crippen molar-refractivity contribution in [2.75, 3.05) is 6.61 Å². The number of hydrogen-bond donors (Lipinski definition) is 4. The molecule has 1 atom stereocenters. The third-order valence-electron chi connectivity index (χ3n) is 6.74. The average Bonchev–Trinajstić information content (AvgIpc) is 2.81. The predicted molar refractivity (Wildman–Crippen MR) is 142 cm³/mol. The number of rotatable bonds is 25. The Balaban J connectivity index is 4.51. The normalized spacial score (nSPS) is 13.2. The molecule has 1 amide bonds. The number of carboxylic acids is 2. The molecule has 0 spiro atoms. The maximum atomic E-state index is 12.6. The molecule has 0 aliphatic rings. The molecule has 12 heteroatoms. The SMILES string of the molecule is CCCCCCCCCCCCCCCCCCC(CC(N)=O)(C(=O)OCC(C(=O)O)C(=O)O)S(=O)(=O)O. The van der Waals surface area contributed by atoms with E-state index in [4.69, 9.17) is 15.9 Å². The van der Waals surface area contributed by atoms with E-state index < -0.39 is 64.0 Å². The Morgan fingerprint density at radius 1 is 0.737 bits per heavy atom. The quantitative estimate of drug-likeness (QED) is 0.0530. The van der Waals surface area contributed by atoms with Crippen molar-refractivity contribution in [1.82, 2.24) is 0 Å². The largest absolute Gasteiger partial charge is 0.481 e. The first-order valence-corrected chi connectivity index (χ1v) is 15.2. The number of amides is 1. The van der Waals surface area contributed by atoms with Crippen molar-refractivity contribution in [3.05, 3.63) is 0 Å². The van der Waals surface area contributed by atoms with Crippen LogP contribution >= 0.6 is 0 Å². The van der Waals surface area contributed by atoms with Crippen LogP contribution in [0, 0.1) is 5.92 Å². The van der Waals surface area contributed by atoms with Crippen LogP contribution in [0.15, 0.2) is 0 Å². The lowest BCUT2D eigenvalue weighted by molar-refractivity contribution is -0.162. The molecule has 0 bridgehead atoms. The van der Waals surface area contributed by atoms with Gasteiger partial charge in [-0.2, -0.15) is 8.42 Å². The van der Waals surface area contributed by atoms with Crippen molar-refractivity contribution >= 4 is 33.9 Å². The Morgan fingerprint density at radius 2 is 1.11 bits per heavy atom. The van der Waals surface area contributed by atoms with E-state index in [1.165, 1.54) is 64.2 Å². The van der Waals surface area contributed by atoms with Gasteiger partial charge in [-0.1, -0.05) is 110 Å². The summed E-state index contributed by atoms with van der Waals surface area (Å²) < 4.78 is 36.0. The summed E-state index contributed by atoms with van der Waals surface area (Å²) in [7, 11) is -5.20. The van der Waals surface area contributed by atoms with Gasteiger partial charge in [0.25, 0.3) is 10.1 Å². The minimum absolute atomic E-state index is 0.154. The van der Waals surface area contributed by atoms with Gasteiger partial charge in [-0.15, -0.1) is 0 Å². The van der Waals surface area contributed by atoms with Crippen LogP contribution in [0.2, 0.25) is 0 Å². The Kier molecular flexibility index (Phi) is 18.6. The van der Waals surface area contributed by atoms with Gasteiger partial charge < -0.3 is 20.7 Å². The Morgan fingerprint density at radius 3 is 1.42 bits per heavy atom. The highest BCUT2D eigenvalue weighted by molar-refractivity contribution is 7.88. The Labute approximate surface area is 226 Å². The fourth-order valence-corrected chi connectivity index (χ4v) is 5.36. The van der Waals surface area contributed by atoms with Crippen molar-refractivity contribution in [3.63, 3.8) is 0 Å². The molecule has 11 nitrogen and oxygen atoms in total. The van der Waals surface area contributed by atoms with Crippen molar-refractivity contribution < 1.29 is 47.1 Å². The predicted octanol–water partition coefficient (Wildman–Crippen LogP) is 4.47. The molecule has 0 fully saturated rings. The van der Waals surface area contributed by atoms with Crippen LogP contribution in [-0.4, -0.2) is 58.4 Å². The first-order valence-electron chi connectivity index (χ1n) is 13.8. The fraction of sp³-hybridized carbons (Fsp3) is 0.846. The minimum Gasteiger partial charge on any atom is -0.481 e. The van der Waals surface area contributed by atoms with Crippen molar-refractivity contribution in [1.29, 1.82) is 0 Å². The summed E-state index contributed by atoms with van der Waals surface area (Å²) in [6.45, 7) is 1.05. The molecular formula is C26H47NO10S.